The third kappa shape index (κ3) is 3.84. The third-order valence-electron chi connectivity index (χ3n) is 6.69. The van der Waals surface area contributed by atoms with Crippen LogP contribution in [-0.4, -0.2) is 51.8 Å². The molecule has 0 saturated carbocycles. The van der Waals surface area contributed by atoms with Gasteiger partial charge in [0.2, 0.25) is 5.91 Å². The Labute approximate surface area is 182 Å². The van der Waals surface area contributed by atoms with Crippen LogP contribution in [0.5, 0.6) is 0 Å². The van der Waals surface area contributed by atoms with Crippen molar-refractivity contribution in [3.8, 4) is 0 Å². The van der Waals surface area contributed by atoms with Gasteiger partial charge in [-0.1, -0.05) is 12.1 Å². The zero-order valence-corrected chi connectivity index (χ0v) is 19.1. The van der Waals surface area contributed by atoms with Crippen molar-refractivity contribution in [3.63, 3.8) is 0 Å². The highest BCUT2D eigenvalue weighted by molar-refractivity contribution is 5.83. The van der Waals surface area contributed by atoms with Gasteiger partial charge in [-0.05, 0) is 56.9 Å². The molecule has 1 saturated heterocycles. The molecule has 0 radical (unpaired) electrons. The number of carbonyl (C=O) groups excluding carboxylic acids is 1. The van der Waals surface area contributed by atoms with E-state index >= 15 is 0 Å². The van der Waals surface area contributed by atoms with Gasteiger partial charge in [-0.2, -0.15) is 5.10 Å². The summed E-state index contributed by atoms with van der Waals surface area (Å²) in [6.45, 7) is 11.3. The van der Waals surface area contributed by atoms with Crippen molar-refractivity contribution in [1.29, 1.82) is 0 Å². The number of hydrogen-bond acceptors (Lipinski definition) is 4. The van der Waals surface area contributed by atoms with E-state index in [0.29, 0.717) is 31.5 Å². The number of amides is 1. The second-order valence-corrected chi connectivity index (χ2v) is 8.58. The summed E-state index contributed by atoms with van der Waals surface area (Å²) >= 11 is 0. The molecular weight excluding hydrogens is 390 g/mol. The van der Waals surface area contributed by atoms with Crippen molar-refractivity contribution in [2.45, 2.75) is 40.5 Å². The van der Waals surface area contributed by atoms with E-state index in [1.807, 2.05) is 25.8 Å². The molecule has 1 aromatic carbocycles. The largest absolute Gasteiger partial charge is 0.368 e. The Morgan fingerprint density at radius 3 is 2.48 bits per heavy atom. The lowest BCUT2D eigenvalue weighted by Crippen LogP contribution is -2.49. The molecule has 0 aliphatic carbocycles. The van der Waals surface area contributed by atoms with Gasteiger partial charge < -0.3 is 14.8 Å². The number of hydrogen-bond donors (Lipinski definition) is 1. The maximum Gasteiger partial charge on any atom is 0.253 e. The van der Waals surface area contributed by atoms with E-state index < -0.39 is 0 Å². The summed E-state index contributed by atoms with van der Waals surface area (Å²) in [6, 6.07) is 6.38. The number of aromatic nitrogens is 3. The smallest absolute Gasteiger partial charge is 0.253 e. The van der Waals surface area contributed by atoms with Crippen LogP contribution in [0, 0.1) is 27.7 Å². The molecule has 1 aliphatic rings. The molecule has 7 nitrogen and oxygen atoms in total. The minimum Gasteiger partial charge on any atom is -0.368 e. The van der Waals surface area contributed by atoms with Gasteiger partial charge in [0.05, 0.1) is 5.69 Å². The van der Waals surface area contributed by atoms with E-state index in [4.69, 9.17) is 0 Å². The molecule has 7 heteroatoms. The van der Waals surface area contributed by atoms with Crippen molar-refractivity contribution < 1.29 is 4.79 Å². The van der Waals surface area contributed by atoms with E-state index in [0.717, 1.165) is 35.4 Å². The summed E-state index contributed by atoms with van der Waals surface area (Å²) in [7, 11) is 1.83. The number of aromatic amines is 1. The highest BCUT2D eigenvalue weighted by Crippen LogP contribution is 2.24. The van der Waals surface area contributed by atoms with E-state index in [9.17, 15) is 9.59 Å². The molecule has 31 heavy (non-hydrogen) atoms. The average Bonchev–Trinajstić information content (AvgIpc) is 3.03. The number of piperazine rings is 1. The molecule has 1 amide bonds. The van der Waals surface area contributed by atoms with Crippen molar-refractivity contribution >= 4 is 22.6 Å². The van der Waals surface area contributed by atoms with Gasteiger partial charge in [-0.25, -0.2) is 0 Å². The number of anilines is 1. The Morgan fingerprint density at radius 1 is 1.06 bits per heavy atom. The number of fused-ring (bicyclic) bond motifs is 1. The first-order valence-corrected chi connectivity index (χ1v) is 10.9. The predicted octanol–water partition coefficient (Wildman–Crippen LogP) is 2.78. The standard InChI is InChI=1S/C24H31N5O2/c1-15-7-6-8-20(16(15)2)28-11-13-29(14-12-28)21(30)10-9-19-17(3)22-18(4)26-27(5)23(22)25-24(19)31/h6-8H,9-14H2,1-5H3,(H,25,31). The zero-order valence-electron chi connectivity index (χ0n) is 19.1. The van der Waals surface area contributed by atoms with Crippen LogP contribution in [0.25, 0.3) is 11.0 Å². The SMILES string of the molecule is Cc1cccc(N2CCN(C(=O)CCc3c(C)c4c(C)nn(C)c4[nH]c3=O)CC2)c1C. The summed E-state index contributed by atoms with van der Waals surface area (Å²) < 4.78 is 1.70. The Morgan fingerprint density at radius 2 is 1.77 bits per heavy atom. The van der Waals surface area contributed by atoms with Crippen LogP contribution in [0.2, 0.25) is 0 Å². The second kappa shape index (κ2) is 8.21. The van der Waals surface area contributed by atoms with Gasteiger partial charge in [0.15, 0.2) is 0 Å². The van der Waals surface area contributed by atoms with E-state index in [1.165, 1.54) is 16.8 Å². The molecule has 1 fully saturated rings. The lowest BCUT2D eigenvalue weighted by Gasteiger charge is -2.37. The highest BCUT2D eigenvalue weighted by atomic mass is 16.2. The molecule has 0 unspecified atom stereocenters. The van der Waals surface area contributed by atoms with Crippen LogP contribution in [0.1, 0.15) is 34.4 Å². The van der Waals surface area contributed by atoms with Gasteiger partial charge in [-0.3, -0.25) is 14.3 Å². The molecule has 0 bridgehead atoms. The summed E-state index contributed by atoms with van der Waals surface area (Å²) in [6.07, 6.45) is 0.791. The van der Waals surface area contributed by atoms with E-state index in [-0.39, 0.29) is 11.5 Å². The van der Waals surface area contributed by atoms with Gasteiger partial charge in [0.25, 0.3) is 5.56 Å². The van der Waals surface area contributed by atoms with Crippen LogP contribution in [-0.2, 0) is 18.3 Å². The minimum atomic E-state index is -0.124. The molecule has 1 N–H and O–H groups in total. The fourth-order valence-corrected chi connectivity index (χ4v) is 4.72. The molecule has 0 spiro atoms. The first-order valence-electron chi connectivity index (χ1n) is 10.9. The summed E-state index contributed by atoms with van der Waals surface area (Å²) in [5, 5.41) is 5.39. The maximum absolute atomic E-state index is 12.9. The van der Waals surface area contributed by atoms with Gasteiger partial charge >= 0.3 is 0 Å². The Balaban J connectivity index is 1.42. The Hall–Kier alpha value is -3.09. The fraction of sp³-hybridized carbons (Fsp3) is 0.458. The second-order valence-electron chi connectivity index (χ2n) is 8.58. The number of nitrogens with one attached hydrogen (secondary N) is 1. The molecule has 1 aliphatic heterocycles. The molecule has 3 aromatic rings. The first kappa shape index (κ1) is 21.2. The van der Waals surface area contributed by atoms with Crippen molar-refractivity contribution in [2.24, 2.45) is 7.05 Å². The van der Waals surface area contributed by atoms with Crippen LogP contribution < -0.4 is 10.5 Å². The monoisotopic (exact) mass is 421 g/mol. The lowest BCUT2D eigenvalue weighted by atomic mass is 10.0. The number of pyridine rings is 1. The molecular formula is C24H31N5O2. The summed E-state index contributed by atoms with van der Waals surface area (Å²) in [4.78, 5) is 32.7. The summed E-state index contributed by atoms with van der Waals surface area (Å²) in [5.74, 6) is 0.113. The predicted molar refractivity (Wildman–Crippen MR) is 124 cm³/mol. The lowest BCUT2D eigenvalue weighted by molar-refractivity contribution is -0.131. The topological polar surface area (TPSA) is 74.2 Å². The van der Waals surface area contributed by atoms with Gasteiger partial charge in [0.1, 0.15) is 5.65 Å². The van der Waals surface area contributed by atoms with Crippen molar-refractivity contribution in [3.05, 3.63) is 56.5 Å². The number of nitrogens with zero attached hydrogens (tertiary/aromatic N) is 4. The van der Waals surface area contributed by atoms with Gasteiger partial charge in [-0.15, -0.1) is 0 Å². The fourth-order valence-electron chi connectivity index (χ4n) is 4.72. The number of benzene rings is 1. The first-order chi connectivity index (χ1) is 14.8. The number of rotatable bonds is 4. The van der Waals surface area contributed by atoms with Crippen LogP contribution in [0.15, 0.2) is 23.0 Å². The minimum absolute atomic E-state index is 0.113. The van der Waals surface area contributed by atoms with Gasteiger partial charge in [0, 0.05) is 56.3 Å². The third-order valence-corrected chi connectivity index (χ3v) is 6.69. The number of aryl methyl sites for hydroxylation is 4. The number of carbonyl (C=O) groups is 1. The van der Waals surface area contributed by atoms with E-state index in [1.54, 1.807) is 4.68 Å². The molecule has 2 aromatic heterocycles. The molecule has 3 heterocycles. The van der Waals surface area contributed by atoms with Crippen molar-refractivity contribution in [1.82, 2.24) is 19.7 Å². The summed E-state index contributed by atoms with van der Waals surface area (Å²) in [5.41, 5.74) is 6.97. The van der Waals surface area contributed by atoms with E-state index in [2.05, 4.69) is 47.0 Å². The molecule has 4 rings (SSSR count). The van der Waals surface area contributed by atoms with Crippen LogP contribution >= 0.6 is 0 Å². The normalized spacial score (nSPS) is 14.5. The maximum atomic E-state index is 12.9. The quantitative estimate of drug-likeness (QED) is 0.703. The molecule has 164 valence electrons. The molecule has 0 atom stereocenters. The Bertz CT molecular complexity index is 1200. The zero-order chi connectivity index (χ0) is 22.3. The van der Waals surface area contributed by atoms with Crippen molar-refractivity contribution in [2.75, 3.05) is 31.1 Å². The number of H-pyrrole nitrogens is 1. The van der Waals surface area contributed by atoms with Crippen LogP contribution in [0.3, 0.4) is 0 Å². The Kier molecular flexibility index (Phi) is 5.60. The average molecular weight is 422 g/mol. The highest BCUT2D eigenvalue weighted by Gasteiger charge is 2.23. The van der Waals surface area contributed by atoms with Crippen LogP contribution in [0.4, 0.5) is 5.69 Å².